The van der Waals surface area contributed by atoms with Gasteiger partial charge in [0.1, 0.15) is 11.7 Å². The highest BCUT2D eigenvalue weighted by atomic mass is 32.2. The number of sulfonamides is 1. The van der Waals surface area contributed by atoms with Gasteiger partial charge in [-0.2, -0.15) is 4.31 Å². The van der Waals surface area contributed by atoms with Gasteiger partial charge in [0.15, 0.2) is 5.58 Å². The molecule has 2 bridgehead atoms. The van der Waals surface area contributed by atoms with E-state index in [9.17, 15) is 27.6 Å². The molecule has 0 unspecified atom stereocenters. The predicted octanol–water partition coefficient (Wildman–Crippen LogP) is 0.997. The second-order valence-corrected chi connectivity index (χ2v) is 12.7. The zero-order chi connectivity index (χ0) is 32.7. The Balaban J connectivity index is 1.39. The molecule has 242 valence electrons. The molecule has 14 nitrogen and oxygen atoms in total. The number of fused-ring (bicyclic) bond motifs is 3. The minimum absolute atomic E-state index is 0.0116. The molecule has 3 amide bonds. The first-order valence-corrected chi connectivity index (χ1v) is 16.2. The van der Waals surface area contributed by atoms with Gasteiger partial charge in [0, 0.05) is 70.6 Å². The molecular formula is C31H35N7O7S. The Morgan fingerprint density at radius 2 is 1.70 bits per heavy atom. The molecular weight excluding hydrogens is 614 g/mol. The standard InChI is InChI=1S/C31H35N7O7S/c1-37-26-10-9-23(20-27(26)45-31(37)42)46(43,44)38-16-5-8-28(39)34-14-13-32-22-11-12-33-24(19-22)30(41)36-25(29(40)35-15-17-38)18-21-6-3-2-4-7-21/h2-4,6-7,9-12,19-20,25,32H,5,8,13-18H2,1H3,(H,34,39)(H,35,40)(H,36,41)/t25-/m0/s1. The van der Waals surface area contributed by atoms with Gasteiger partial charge in [-0.25, -0.2) is 13.2 Å². The number of rotatable bonds is 4. The first-order chi connectivity index (χ1) is 22.1. The van der Waals surface area contributed by atoms with E-state index in [0.29, 0.717) is 24.3 Å². The maximum atomic E-state index is 13.8. The summed E-state index contributed by atoms with van der Waals surface area (Å²) in [6.45, 7) is 0.457. The summed E-state index contributed by atoms with van der Waals surface area (Å²) in [6.07, 6.45) is 1.95. The maximum Gasteiger partial charge on any atom is 0.419 e. The molecule has 4 aromatic rings. The molecule has 1 aliphatic heterocycles. The van der Waals surface area contributed by atoms with Crippen molar-refractivity contribution in [3.05, 3.63) is 88.7 Å². The lowest BCUT2D eigenvalue weighted by Crippen LogP contribution is -2.50. The van der Waals surface area contributed by atoms with Crippen LogP contribution in [0, 0.1) is 0 Å². The molecule has 1 atom stereocenters. The number of anilines is 1. The topological polar surface area (TPSA) is 185 Å². The number of hydrogen-bond acceptors (Lipinski definition) is 9. The molecule has 0 fully saturated rings. The fourth-order valence-corrected chi connectivity index (χ4v) is 6.57. The first-order valence-electron chi connectivity index (χ1n) is 14.8. The number of hydrogen-bond donors (Lipinski definition) is 4. The highest BCUT2D eigenvalue weighted by Gasteiger charge is 2.27. The van der Waals surface area contributed by atoms with Crippen molar-refractivity contribution in [2.75, 3.05) is 38.0 Å². The van der Waals surface area contributed by atoms with Crippen LogP contribution in [0.4, 0.5) is 5.69 Å². The van der Waals surface area contributed by atoms with Crippen LogP contribution >= 0.6 is 0 Å². The molecule has 0 aliphatic carbocycles. The van der Waals surface area contributed by atoms with Crippen molar-refractivity contribution in [3.8, 4) is 0 Å². The summed E-state index contributed by atoms with van der Waals surface area (Å²) in [6, 6.07) is 15.6. The third kappa shape index (κ3) is 7.79. The van der Waals surface area contributed by atoms with Crippen molar-refractivity contribution in [2.45, 2.75) is 30.2 Å². The predicted molar refractivity (Wildman–Crippen MR) is 170 cm³/mol. The number of pyridine rings is 1. The Morgan fingerprint density at radius 3 is 2.50 bits per heavy atom. The normalized spacial score (nSPS) is 17.9. The first kappa shape index (κ1) is 32.4. The van der Waals surface area contributed by atoms with Crippen molar-refractivity contribution in [2.24, 2.45) is 7.05 Å². The minimum atomic E-state index is -4.14. The minimum Gasteiger partial charge on any atom is -0.408 e. The summed E-state index contributed by atoms with van der Waals surface area (Å²) >= 11 is 0. The number of nitrogens with one attached hydrogen (secondary N) is 4. The van der Waals surface area contributed by atoms with Crippen LogP contribution in [-0.2, 0) is 33.1 Å². The number of aryl methyl sites for hydroxylation is 1. The van der Waals surface area contributed by atoms with E-state index in [2.05, 4.69) is 26.3 Å². The van der Waals surface area contributed by atoms with Crippen LogP contribution in [0.15, 0.2) is 81.0 Å². The zero-order valence-electron chi connectivity index (χ0n) is 25.2. The van der Waals surface area contributed by atoms with Crippen molar-refractivity contribution < 1.29 is 27.2 Å². The largest absolute Gasteiger partial charge is 0.419 e. The van der Waals surface area contributed by atoms with E-state index in [4.69, 9.17) is 4.42 Å². The van der Waals surface area contributed by atoms with Gasteiger partial charge in [-0.3, -0.25) is 23.9 Å². The van der Waals surface area contributed by atoms with Crippen LogP contribution in [-0.4, -0.2) is 78.8 Å². The SMILES string of the molecule is Cn1c(=O)oc2cc(S(=O)(=O)N3CCCC(=O)NCCNc4ccnc(c4)C(=O)N[C@@H](Cc4ccccc4)C(=O)NCC3)ccc21. The quantitative estimate of drug-likeness (QED) is 0.250. The Kier molecular flexibility index (Phi) is 10.1. The number of nitrogens with zero attached hydrogens (tertiary/aromatic N) is 3. The van der Waals surface area contributed by atoms with Crippen LogP contribution in [0.3, 0.4) is 0 Å². The van der Waals surface area contributed by atoms with Gasteiger partial charge in [0.25, 0.3) is 5.91 Å². The summed E-state index contributed by atoms with van der Waals surface area (Å²) in [7, 11) is -2.62. The number of carbonyl (C=O) groups excluding carboxylic acids is 3. The van der Waals surface area contributed by atoms with E-state index in [1.807, 2.05) is 30.3 Å². The summed E-state index contributed by atoms with van der Waals surface area (Å²) in [5.41, 5.74) is 2.08. The lowest BCUT2D eigenvalue weighted by molar-refractivity contribution is -0.123. The Bertz CT molecular complexity index is 1890. The van der Waals surface area contributed by atoms with E-state index >= 15 is 0 Å². The molecule has 15 heteroatoms. The van der Waals surface area contributed by atoms with Gasteiger partial charge in [0.05, 0.1) is 10.4 Å². The Hall–Kier alpha value is -5.02. The van der Waals surface area contributed by atoms with Gasteiger partial charge < -0.3 is 25.7 Å². The van der Waals surface area contributed by atoms with Gasteiger partial charge in [-0.1, -0.05) is 30.3 Å². The van der Waals surface area contributed by atoms with Gasteiger partial charge >= 0.3 is 5.76 Å². The maximum absolute atomic E-state index is 13.8. The van der Waals surface area contributed by atoms with Crippen LogP contribution in [0.5, 0.6) is 0 Å². The molecule has 4 N–H and O–H groups in total. The van der Waals surface area contributed by atoms with Crippen molar-refractivity contribution in [3.63, 3.8) is 0 Å². The molecule has 3 heterocycles. The molecule has 0 saturated carbocycles. The van der Waals surface area contributed by atoms with Gasteiger partial charge in [-0.15, -0.1) is 0 Å². The second-order valence-electron chi connectivity index (χ2n) is 10.8. The molecule has 0 saturated heterocycles. The molecule has 0 radical (unpaired) electrons. The highest BCUT2D eigenvalue weighted by molar-refractivity contribution is 7.89. The molecule has 2 aromatic carbocycles. The number of aromatic nitrogens is 2. The average molecular weight is 650 g/mol. The lowest BCUT2D eigenvalue weighted by atomic mass is 10.0. The third-order valence-corrected chi connectivity index (χ3v) is 9.44. The van der Waals surface area contributed by atoms with Crippen LogP contribution in [0.1, 0.15) is 28.9 Å². The fraction of sp³-hybridized carbons (Fsp3) is 0.323. The number of benzene rings is 2. The third-order valence-electron chi connectivity index (χ3n) is 7.55. The van der Waals surface area contributed by atoms with Crippen LogP contribution < -0.4 is 27.0 Å². The smallest absolute Gasteiger partial charge is 0.408 e. The van der Waals surface area contributed by atoms with Gasteiger partial charge in [-0.05, 0) is 36.2 Å². The molecule has 1 aliphatic rings. The van der Waals surface area contributed by atoms with Crippen LogP contribution in [0.25, 0.3) is 11.1 Å². The zero-order valence-corrected chi connectivity index (χ0v) is 26.0. The summed E-state index contributed by atoms with van der Waals surface area (Å²) in [5, 5.41) is 11.5. The van der Waals surface area contributed by atoms with Crippen LogP contribution in [0.2, 0.25) is 0 Å². The number of amides is 3. The van der Waals surface area contributed by atoms with Crippen molar-refractivity contribution in [1.29, 1.82) is 0 Å². The van der Waals surface area contributed by atoms with Gasteiger partial charge in [0.2, 0.25) is 21.8 Å². The molecule has 5 rings (SSSR count). The molecule has 2 aromatic heterocycles. The number of carbonyl (C=O) groups is 3. The monoisotopic (exact) mass is 649 g/mol. The highest BCUT2D eigenvalue weighted by Crippen LogP contribution is 2.22. The Labute approximate surface area is 265 Å². The summed E-state index contributed by atoms with van der Waals surface area (Å²) < 4.78 is 35.2. The fourth-order valence-electron chi connectivity index (χ4n) is 5.07. The van der Waals surface area contributed by atoms with E-state index in [1.54, 1.807) is 12.1 Å². The van der Waals surface area contributed by atoms with E-state index in [1.165, 1.54) is 40.3 Å². The van der Waals surface area contributed by atoms with Crippen molar-refractivity contribution in [1.82, 2.24) is 29.8 Å². The summed E-state index contributed by atoms with van der Waals surface area (Å²) in [4.78, 5) is 55.2. The second kappa shape index (κ2) is 14.4. The Morgan fingerprint density at radius 1 is 0.913 bits per heavy atom. The molecule has 46 heavy (non-hydrogen) atoms. The average Bonchev–Trinajstić information content (AvgIpc) is 3.34. The van der Waals surface area contributed by atoms with E-state index < -0.39 is 33.6 Å². The van der Waals surface area contributed by atoms with Crippen molar-refractivity contribution >= 4 is 44.5 Å². The lowest BCUT2D eigenvalue weighted by Gasteiger charge is -2.23. The van der Waals surface area contributed by atoms with E-state index in [-0.39, 0.29) is 61.0 Å². The molecule has 0 spiro atoms. The number of oxazole rings is 1. The summed E-state index contributed by atoms with van der Waals surface area (Å²) in [5.74, 6) is -1.94. The van der Waals surface area contributed by atoms with E-state index in [0.717, 1.165) is 5.56 Å².